The van der Waals surface area contributed by atoms with Gasteiger partial charge in [0.2, 0.25) is 5.91 Å². The number of para-hydroxylation sites is 1. The Kier molecular flexibility index (Phi) is 4.18. The third-order valence-corrected chi connectivity index (χ3v) is 3.80. The van der Waals surface area contributed by atoms with Gasteiger partial charge in [0.25, 0.3) is 0 Å². The maximum Gasteiger partial charge on any atom is 0.224 e. The third kappa shape index (κ3) is 3.54. The van der Waals surface area contributed by atoms with Gasteiger partial charge in [-0.2, -0.15) is 0 Å². The molecule has 0 bridgehead atoms. The molecule has 1 aliphatic rings. The summed E-state index contributed by atoms with van der Waals surface area (Å²) >= 11 is 3.42. The van der Waals surface area contributed by atoms with Crippen LogP contribution < -0.4 is 5.32 Å². The monoisotopic (exact) mass is 296 g/mol. The topological polar surface area (TPSA) is 32.3 Å². The van der Waals surface area contributed by atoms with E-state index in [2.05, 4.69) is 33.2 Å². The van der Waals surface area contributed by atoms with E-state index in [-0.39, 0.29) is 5.91 Å². The quantitative estimate of drug-likeness (QED) is 0.930. The van der Waals surface area contributed by atoms with Gasteiger partial charge in [-0.25, -0.2) is 0 Å². The first-order valence-corrected chi connectivity index (χ1v) is 6.67. The average molecular weight is 297 g/mol. The van der Waals surface area contributed by atoms with E-state index in [1.165, 1.54) is 0 Å². The van der Waals surface area contributed by atoms with E-state index >= 15 is 0 Å². The van der Waals surface area contributed by atoms with Crippen LogP contribution in [0.4, 0.5) is 5.69 Å². The molecule has 0 saturated carbocycles. The van der Waals surface area contributed by atoms with Gasteiger partial charge in [-0.1, -0.05) is 12.1 Å². The number of benzene rings is 1. The van der Waals surface area contributed by atoms with E-state index in [0.717, 1.165) is 29.7 Å². The molecule has 0 radical (unpaired) electrons. The first-order valence-electron chi connectivity index (χ1n) is 5.88. The van der Waals surface area contributed by atoms with Crippen molar-refractivity contribution in [3.63, 3.8) is 0 Å². The van der Waals surface area contributed by atoms with Gasteiger partial charge < -0.3 is 10.2 Å². The number of carbonyl (C=O) groups excluding carboxylic acids is 1. The maximum atomic E-state index is 11.9. The first-order chi connectivity index (χ1) is 8.15. The lowest BCUT2D eigenvalue weighted by Crippen LogP contribution is -2.19. The number of carbonyl (C=O) groups is 1. The molecule has 0 aromatic heterocycles. The standard InChI is InChI=1S/C13H17BrN2O/c1-16-7-6-10(9-16)8-13(17)15-12-5-3-2-4-11(12)14/h2-5,10H,6-9H2,1H3,(H,15,17). The van der Waals surface area contributed by atoms with E-state index in [1.807, 2.05) is 24.3 Å². The molecule has 1 fully saturated rings. The number of nitrogens with zero attached hydrogens (tertiary/aromatic N) is 1. The smallest absolute Gasteiger partial charge is 0.224 e. The van der Waals surface area contributed by atoms with Crippen LogP contribution in [-0.2, 0) is 4.79 Å². The van der Waals surface area contributed by atoms with Crippen molar-refractivity contribution in [2.24, 2.45) is 5.92 Å². The van der Waals surface area contributed by atoms with Gasteiger partial charge in [0.15, 0.2) is 0 Å². The molecule has 1 saturated heterocycles. The summed E-state index contributed by atoms with van der Waals surface area (Å²) < 4.78 is 0.928. The second-order valence-corrected chi connectivity index (χ2v) is 5.50. The minimum Gasteiger partial charge on any atom is -0.325 e. The summed E-state index contributed by atoms with van der Waals surface area (Å²) in [6, 6.07) is 7.69. The molecule has 17 heavy (non-hydrogen) atoms. The highest BCUT2D eigenvalue weighted by atomic mass is 79.9. The highest BCUT2D eigenvalue weighted by Gasteiger charge is 2.22. The first kappa shape index (κ1) is 12.6. The van der Waals surface area contributed by atoms with Gasteiger partial charge in [-0.3, -0.25) is 4.79 Å². The molecule has 1 amide bonds. The SMILES string of the molecule is CN1CCC(CC(=O)Nc2ccccc2Br)C1. The Morgan fingerprint density at radius 3 is 2.94 bits per heavy atom. The predicted octanol–water partition coefficient (Wildman–Crippen LogP) is 2.73. The molecule has 0 spiro atoms. The van der Waals surface area contributed by atoms with E-state index in [9.17, 15) is 4.79 Å². The van der Waals surface area contributed by atoms with Crippen molar-refractivity contribution in [3.8, 4) is 0 Å². The summed E-state index contributed by atoms with van der Waals surface area (Å²) in [5.41, 5.74) is 0.851. The summed E-state index contributed by atoms with van der Waals surface area (Å²) in [5, 5.41) is 2.95. The minimum absolute atomic E-state index is 0.109. The molecule has 1 aromatic rings. The molecule has 0 aliphatic carbocycles. The fraction of sp³-hybridized carbons (Fsp3) is 0.462. The zero-order valence-corrected chi connectivity index (χ0v) is 11.5. The van der Waals surface area contributed by atoms with Crippen LogP contribution in [0, 0.1) is 5.92 Å². The predicted molar refractivity (Wildman–Crippen MR) is 73.0 cm³/mol. The number of hydrogen-bond donors (Lipinski definition) is 1. The molecule has 92 valence electrons. The highest BCUT2D eigenvalue weighted by Crippen LogP contribution is 2.23. The van der Waals surface area contributed by atoms with E-state index < -0.39 is 0 Å². The Hall–Kier alpha value is -0.870. The van der Waals surface area contributed by atoms with Crippen LogP contribution in [0.15, 0.2) is 28.7 Å². The number of amides is 1. The molecular formula is C13H17BrN2O. The molecule has 1 N–H and O–H groups in total. The van der Waals surface area contributed by atoms with Crippen LogP contribution >= 0.6 is 15.9 Å². The molecule has 4 heteroatoms. The third-order valence-electron chi connectivity index (χ3n) is 3.11. The summed E-state index contributed by atoms with van der Waals surface area (Å²) in [6.07, 6.45) is 1.74. The molecule has 1 aromatic carbocycles. The normalized spacial score (nSPS) is 20.5. The van der Waals surface area contributed by atoms with Crippen LogP contribution in [0.25, 0.3) is 0 Å². The molecule has 2 rings (SSSR count). The van der Waals surface area contributed by atoms with E-state index in [0.29, 0.717) is 12.3 Å². The number of anilines is 1. The van der Waals surface area contributed by atoms with Gasteiger partial charge in [-0.15, -0.1) is 0 Å². The van der Waals surface area contributed by atoms with Crippen LogP contribution in [0.3, 0.4) is 0 Å². The van der Waals surface area contributed by atoms with Crippen molar-refractivity contribution in [1.29, 1.82) is 0 Å². The Morgan fingerprint density at radius 2 is 2.29 bits per heavy atom. The maximum absolute atomic E-state index is 11.9. The van der Waals surface area contributed by atoms with Crippen molar-refractivity contribution in [3.05, 3.63) is 28.7 Å². The molecule has 3 nitrogen and oxygen atoms in total. The Bertz CT molecular complexity index is 408. The van der Waals surface area contributed by atoms with Crippen molar-refractivity contribution in [2.75, 3.05) is 25.5 Å². The zero-order chi connectivity index (χ0) is 12.3. The zero-order valence-electron chi connectivity index (χ0n) is 9.95. The van der Waals surface area contributed by atoms with Gasteiger partial charge in [0, 0.05) is 17.4 Å². The Labute approximate surface area is 110 Å². The lowest BCUT2D eigenvalue weighted by atomic mass is 10.0. The van der Waals surface area contributed by atoms with Crippen molar-refractivity contribution in [1.82, 2.24) is 4.90 Å². The molecular weight excluding hydrogens is 280 g/mol. The number of rotatable bonds is 3. The van der Waals surface area contributed by atoms with E-state index in [1.54, 1.807) is 0 Å². The molecule has 1 heterocycles. The number of nitrogens with one attached hydrogen (secondary N) is 1. The largest absolute Gasteiger partial charge is 0.325 e. The second kappa shape index (κ2) is 5.65. The van der Waals surface area contributed by atoms with Gasteiger partial charge >= 0.3 is 0 Å². The fourth-order valence-electron chi connectivity index (χ4n) is 2.22. The molecule has 1 unspecified atom stereocenters. The fourth-order valence-corrected chi connectivity index (χ4v) is 2.60. The molecule has 1 aliphatic heterocycles. The average Bonchev–Trinajstić information content (AvgIpc) is 2.67. The minimum atomic E-state index is 0.109. The van der Waals surface area contributed by atoms with Crippen molar-refractivity contribution in [2.45, 2.75) is 12.8 Å². The highest BCUT2D eigenvalue weighted by molar-refractivity contribution is 9.10. The summed E-state index contributed by atoms with van der Waals surface area (Å²) in [7, 11) is 2.10. The summed E-state index contributed by atoms with van der Waals surface area (Å²) in [6.45, 7) is 2.14. The number of halogens is 1. The Balaban J connectivity index is 1.87. The summed E-state index contributed by atoms with van der Waals surface area (Å²) in [5.74, 6) is 0.611. The van der Waals surface area contributed by atoms with Crippen molar-refractivity contribution >= 4 is 27.5 Å². The van der Waals surface area contributed by atoms with Gasteiger partial charge in [0.05, 0.1) is 5.69 Å². The van der Waals surface area contributed by atoms with Crippen LogP contribution in [-0.4, -0.2) is 30.9 Å². The van der Waals surface area contributed by atoms with Crippen LogP contribution in [0.1, 0.15) is 12.8 Å². The van der Waals surface area contributed by atoms with Crippen LogP contribution in [0.2, 0.25) is 0 Å². The number of likely N-dealkylation sites (tertiary alicyclic amines) is 1. The lowest BCUT2D eigenvalue weighted by molar-refractivity contribution is -0.117. The van der Waals surface area contributed by atoms with Crippen LogP contribution in [0.5, 0.6) is 0 Å². The van der Waals surface area contributed by atoms with E-state index in [4.69, 9.17) is 0 Å². The number of hydrogen-bond acceptors (Lipinski definition) is 2. The lowest BCUT2D eigenvalue weighted by Gasteiger charge is -2.11. The Morgan fingerprint density at radius 1 is 1.53 bits per heavy atom. The summed E-state index contributed by atoms with van der Waals surface area (Å²) in [4.78, 5) is 14.2. The second-order valence-electron chi connectivity index (χ2n) is 4.65. The molecule has 1 atom stereocenters. The van der Waals surface area contributed by atoms with Gasteiger partial charge in [-0.05, 0) is 54.0 Å². The van der Waals surface area contributed by atoms with Crippen molar-refractivity contribution < 1.29 is 4.79 Å². The van der Waals surface area contributed by atoms with Gasteiger partial charge in [0.1, 0.15) is 0 Å².